The van der Waals surface area contributed by atoms with E-state index < -0.39 is 11.4 Å². The zero-order chi connectivity index (χ0) is 29.4. The highest BCUT2D eigenvalue weighted by atomic mass is 35.5. The van der Waals surface area contributed by atoms with Crippen molar-refractivity contribution in [2.24, 2.45) is 0 Å². The maximum absolute atomic E-state index is 14.9. The van der Waals surface area contributed by atoms with Gasteiger partial charge in [-0.25, -0.2) is 9.37 Å². The summed E-state index contributed by atoms with van der Waals surface area (Å²) in [5, 5.41) is 11.0. The molecule has 0 aliphatic carbocycles. The highest BCUT2D eigenvalue weighted by Crippen LogP contribution is 2.37. The van der Waals surface area contributed by atoms with E-state index in [9.17, 15) is 19.2 Å². The zero-order valence-corrected chi connectivity index (χ0v) is 23.7. The van der Waals surface area contributed by atoms with Crippen LogP contribution >= 0.6 is 11.6 Å². The van der Waals surface area contributed by atoms with Crippen molar-refractivity contribution in [3.63, 3.8) is 0 Å². The minimum absolute atomic E-state index is 0.0501. The van der Waals surface area contributed by atoms with Crippen LogP contribution in [-0.4, -0.2) is 51.5 Å². The molecule has 0 N–H and O–H groups in total. The molecule has 208 valence electrons. The SMILES string of the molecule is C=CC(=O)N1CCN(c2c(C#N)c(=O)n(-c3c(C)ccnc3C(C)C)c3nc(-c4ccccc4F)c(Cl)cc23)CC1. The van der Waals surface area contributed by atoms with E-state index in [-0.39, 0.29) is 39.3 Å². The molecule has 3 aromatic heterocycles. The Morgan fingerprint density at radius 1 is 1.17 bits per heavy atom. The topological polar surface area (TPSA) is 95.1 Å². The second kappa shape index (κ2) is 11.1. The van der Waals surface area contributed by atoms with Gasteiger partial charge in [-0.05, 0) is 48.7 Å². The monoisotopic (exact) mass is 570 g/mol. The summed E-state index contributed by atoms with van der Waals surface area (Å²) < 4.78 is 16.4. The van der Waals surface area contributed by atoms with Crippen LogP contribution in [0.4, 0.5) is 10.1 Å². The molecular weight excluding hydrogens is 543 g/mol. The molecule has 0 spiro atoms. The first-order chi connectivity index (χ1) is 19.7. The Kier molecular flexibility index (Phi) is 7.61. The van der Waals surface area contributed by atoms with Gasteiger partial charge in [-0.2, -0.15) is 5.26 Å². The van der Waals surface area contributed by atoms with Crippen molar-refractivity contribution in [1.82, 2.24) is 19.4 Å². The molecule has 41 heavy (non-hydrogen) atoms. The molecule has 8 nitrogen and oxygen atoms in total. The van der Waals surface area contributed by atoms with E-state index in [0.29, 0.717) is 48.6 Å². The summed E-state index contributed by atoms with van der Waals surface area (Å²) in [5.74, 6) is -0.740. The summed E-state index contributed by atoms with van der Waals surface area (Å²) in [6.07, 6.45) is 2.95. The smallest absolute Gasteiger partial charge is 0.276 e. The van der Waals surface area contributed by atoms with Crippen LogP contribution in [0.2, 0.25) is 5.02 Å². The van der Waals surface area contributed by atoms with Crippen LogP contribution in [0.1, 0.15) is 36.6 Å². The van der Waals surface area contributed by atoms with Gasteiger partial charge in [-0.1, -0.05) is 44.2 Å². The maximum Gasteiger partial charge on any atom is 0.276 e. The van der Waals surface area contributed by atoms with Crippen molar-refractivity contribution in [3.8, 4) is 23.0 Å². The highest BCUT2D eigenvalue weighted by molar-refractivity contribution is 6.34. The lowest BCUT2D eigenvalue weighted by atomic mass is 10.0. The fraction of sp³-hybridized carbons (Fsp3) is 0.258. The van der Waals surface area contributed by atoms with Crippen LogP contribution in [0, 0.1) is 24.1 Å². The molecule has 1 amide bonds. The first kappa shape index (κ1) is 28.0. The van der Waals surface area contributed by atoms with Crippen molar-refractivity contribution < 1.29 is 9.18 Å². The van der Waals surface area contributed by atoms with E-state index in [4.69, 9.17) is 16.6 Å². The lowest BCUT2D eigenvalue weighted by Crippen LogP contribution is -2.49. The van der Waals surface area contributed by atoms with Gasteiger partial charge in [0.1, 0.15) is 23.1 Å². The molecular formula is C31H28ClFN6O2. The van der Waals surface area contributed by atoms with Crippen LogP contribution in [-0.2, 0) is 4.79 Å². The van der Waals surface area contributed by atoms with E-state index in [1.54, 1.807) is 41.4 Å². The number of carbonyl (C=O) groups excluding carboxylic acids is 1. The third kappa shape index (κ3) is 4.85. The number of aryl methyl sites for hydroxylation is 1. The predicted octanol–water partition coefficient (Wildman–Crippen LogP) is 5.38. The Morgan fingerprint density at radius 3 is 2.51 bits per heavy atom. The Balaban J connectivity index is 1.87. The van der Waals surface area contributed by atoms with Crippen LogP contribution in [0.15, 0.2) is 60.0 Å². The first-order valence-electron chi connectivity index (χ1n) is 13.2. The normalized spacial score (nSPS) is 13.5. The molecule has 10 heteroatoms. The molecule has 1 saturated heterocycles. The fourth-order valence-corrected chi connectivity index (χ4v) is 5.56. The first-order valence-corrected chi connectivity index (χ1v) is 13.6. The van der Waals surface area contributed by atoms with Crippen molar-refractivity contribution in [1.29, 1.82) is 5.26 Å². The summed E-state index contributed by atoms with van der Waals surface area (Å²) in [6.45, 7) is 10.9. The minimum Gasteiger partial charge on any atom is -0.366 e. The van der Waals surface area contributed by atoms with Gasteiger partial charge in [0.25, 0.3) is 5.56 Å². The van der Waals surface area contributed by atoms with E-state index in [2.05, 4.69) is 17.6 Å². The van der Waals surface area contributed by atoms with E-state index in [1.807, 2.05) is 25.7 Å². The highest BCUT2D eigenvalue weighted by Gasteiger charge is 2.29. The molecule has 0 saturated carbocycles. The average molecular weight is 571 g/mol. The van der Waals surface area contributed by atoms with Gasteiger partial charge in [0.15, 0.2) is 0 Å². The quantitative estimate of drug-likeness (QED) is 0.299. The lowest BCUT2D eigenvalue weighted by Gasteiger charge is -2.36. The van der Waals surface area contributed by atoms with Gasteiger partial charge in [0.05, 0.1) is 27.8 Å². The molecule has 0 radical (unpaired) electrons. The number of hydrogen-bond acceptors (Lipinski definition) is 6. The number of pyridine rings is 3. The largest absolute Gasteiger partial charge is 0.366 e. The molecule has 1 aliphatic heterocycles. The summed E-state index contributed by atoms with van der Waals surface area (Å²) >= 11 is 6.76. The second-order valence-electron chi connectivity index (χ2n) is 10.2. The van der Waals surface area contributed by atoms with Crippen molar-refractivity contribution in [3.05, 3.63) is 93.3 Å². The van der Waals surface area contributed by atoms with E-state index in [1.165, 1.54) is 16.7 Å². The van der Waals surface area contributed by atoms with Crippen molar-refractivity contribution >= 4 is 34.2 Å². The molecule has 5 rings (SSSR count). The fourth-order valence-electron chi connectivity index (χ4n) is 5.31. The number of piperazine rings is 1. The molecule has 1 aromatic carbocycles. The maximum atomic E-state index is 14.9. The third-order valence-corrected chi connectivity index (χ3v) is 7.61. The number of anilines is 1. The molecule has 4 aromatic rings. The second-order valence-corrected chi connectivity index (χ2v) is 10.6. The third-order valence-electron chi connectivity index (χ3n) is 7.32. The van der Waals surface area contributed by atoms with Crippen LogP contribution in [0.3, 0.4) is 0 Å². The van der Waals surface area contributed by atoms with Crippen LogP contribution in [0.5, 0.6) is 0 Å². The number of benzene rings is 1. The summed E-state index contributed by atoms with van der Waals surface area (Å²) in [5.41, 5.74) is 2.29. The Hall–Kier alpha value is -4.55. The van der Waals surface area contributed by atoms with Gasteiger partial charge < -0.3 is 9.80 Å². The van der Waals surface area contributed by atoms with Gasteiger partial charge >= 0.3 is 0 Å². The number of halogens is 2. The number of carbonyl (C=O) groups is 1. The van der Waals surface area contributed by atoms with E-state index in [0.717, 1.165) is 5.56 Å². The number of rotatable bonds is 5. The molecule has 0 atom stereocenters. The Labute approximate surface area is 241 Å². The predicted molar refractivity (Wildman–Crippen MR) is 158 cm³/mol. The molecule has 0 unspecified atom stereocenters. The number of amides is 1. The van der Waals surface area contributed by atoms with Gasteiger partial charge in [0.2, 0.25) is 5.91 Å². The van der Waals surface area contributed by atoms with E-state index >= 15 is 0 Å². The number of nitriles is 1. The zero-order valence-electron chi connectivity index (χ0n) is 23.0. The van der Waals surface area contributed by atoms with Crippen LogP contribution in [0.25, 0.3) is 28.0 Å². The summed E-state index contributed by atoms with van der Waals surface area (Å²) in [7, 11) is 0. The van der Waals surface area contributed by atoms with Gasteiger partial charge in [0, 0.05) is 43.3 Å². The standard InChI is InChI=1S/C31H28ClFN6O2/c1-5-25(40)37-12-14-38(15-13-37)29-21-16-23(32)27(20-8-6-7-9-24(20)33)36-30(21)39(31(41)22(29)17-34)28-19(4)10-11-35-26(28)18(2)3/h5-11,16,18H,1,12-15H2,2-4H3. The molecule has 1 aliphatic rings. The minimum atomic E-state index is -0.563. The summed E-state index contributed by atoms with van der Waals surface area (Å²) in [6, 6.07) is 11.7. The number of hydrogen-bond donors (Lipinski definition) is 0. The Bertz CT molecular complexity index is 1800. The lowest BCUT2D eigenvalue weighted by molar-refractivity contribution is -0.126. The van der Waals surface area contributed by atoms with Gasteiger partial charge in [-0.3, -0.25) is 19.1 Å². The number of aromatic nitrogens is 3. The number of fused-ring (bicyclic) bond motifs is 1. The average Bonchev–Trinajstić information content (AvgIpc) is 2.97. The molecule has 1 fully saturated rings. The molecule has 0 bridgehead atoms. The van der Waals surface area contributed by atoms with Crippen LogP contribution < -0.4 is 10.5 Å². The molecule has 4 heterocycles. The summed E-state index contributed by atoms with van der Waals surface area (Å²) in [4.78, 5) is 39.4. The van der Waals surface area contributed by atoms with Crippen molar-refractivity contribution in [2.45, 2.75) is 26.7 Å². The van der Waals surface area contributed by atoms with Gasteiger partial charge in [-0.15, -0.1) is 0 Å². The number of nitrogens with zero attached hydrogens (tertiary/aromatic N) is 6. The van der Waals surface area contributed by atoms with Crippen molar-refractivity contribution in [2.75, 3.05) is 31.1 Å². The Morgan fingerprint density at radius 2 is 1.88 bits per heavy atom.